The number of halogens is 2. The van der Waals surface area contributed by atoms with Gasteiger partial charge in [0.15, 0.2) is 0 Å². The summed E-state index contributed by atoms with van der Waals surface area (Å²) in [5, 5.41) is 12.4. The van der Waals surface area contributed by atoms with E-state index < -0.39 is 26.7 Å². The third-order valence-electron chi connectivity index (χ3n) is 4.50. The highest BCUT2D eigenvalue weighted by Gasteiger charge is 2.53. The molecule has 1 saturated heterocycles. The van der Waals surface area contributed by atoms with Crippen molar-refractivity contribution in [2.75, 3.05) is 13.1 Å². The summed E-state index contributed by atoms with van der Waals surface area (Å²) in [4.78, 5) is 0. The Morgan fingerprint density at radius 1 is 1.10 bits per heavy atom. The van der Waals surface area contributed by atoms with Gasteiger partial charge in [0.25, 0.3) is 10.0 Å². The molecule has 0 amide bonds. The van der Waals surface area contributed by atoms with Crippen molar-refractivity contribution in [3.63, 3.8) is 0 Å². The second kappa shape index (κ2) is 6.63. The Balaban J connectivity index is 2.00. The standard InChI is InChI=1S/C11H19F2NO5S2/c12-11(13,20-19-18-15)21(16,17)14-8-6-10(7-9-14)4-2-1-3-5-10/h15H,1-9H2/p-1. The van der Waals surface area contributed by atoms with Gasteiger partial charge in [0.2, 0.25) is 0 Å². The fourth-order valence-electron chi connectivity index (χ4n) is 3.25. The fraction of sp³-hybridized carbons (Fsp3) is 1.00. The molecule has 0 aromatic carbocycles. The molecule has 0 aromatic rings. The van der Waals surface area contributed by atoms with E-state index in [9.17, 15) is 22.5 Å². The molecule has 2 rings (SSSR count). The Morgan fingerprint density at radius 3 is 2.19 bits per heavy atom. The summed E-state index contributed by atoms with van der Waals surface area (Å²) >= 11 is -0.791. The zero-order valence-electron chi connectivity index (χ0n) is 11.4. The lowest BCUT2D eigenvalue weighted by Crippen LogP contribution is -2.48. The second-order valence-electron chi connectivity index (χ2n) is 5.65. The Bertz CT molecular complexity index is 444. The molecule has 1 aliphatic carbocycles. The minimum Gasteiger partial charge on any atom is -0.691 e. The highest BCUT2D eigenvalue weighted by molar-refractivity contribution is 8.10. The van der Waals surface area contributed by atoms with Crippen LogP contribution >= 0.6 is 12.0 Å². The van der Waals surface area contributed by atoms with Gasteiger partial charge in [0, 0.05) is 13.1 Å². The van der Waals surface area contributed by atoms with Crippen LogP contribution in [0.4, 0.5) is 8.78 Å². The van der Waals surface area contributed by atoms with Crippen molar-refractivity contribution in [1.82, 2.24) is 4.31 Å². The third kappa shape index (κ3) is 3.67. The van der Waals surface area contributed by atoms with Crippen molar-refractivity contribution >= 4 is 22.1 Å². The lowest BCUT2D eigenvalue weighted by atomic mass is 9.68. The highest BCUT2D eigenvalue weighted by atomic mass is 32.3. The summed E-state index contributed by atoms with van der Waals surface area (Å²) in [6, 6.07) is 0. The van der Waals surface area contributed by atoms with Gasteiger partial charge in [-0.3, -0.25) is 5.04 Å². The fourth-order valence-corrected chi connectivity index (χ4v) is 5.06. The molecule has 10 heteroatoms. The molecule has 2 fully saturated rings. The van der Waals surface area contributed by atoms with E-state index >= 15 is 0 Å². The molecule has 0 N–H and O–H groups in total. The second-order valence-corrected chi connectivity index (χ2v) is 8.70. The lowest BCUT2D eigenvalue weighted by Gasteiger charge is -2.44. The topological polar surface area (TPSA) is 78.9 Å². The SMILES string of the molecule is O=S(=O)(N1CCC2(CCCCC2)CC1)C(F)(F)SOO[O-]. The van der Waals surface area contributed by atoms with Gasteiger partial charge >= 0.3 is 4.59 Å². The number of piperidine rings is 1. The maximum atomic E-state index is 13.6. The summed E-state index contributed by atoms with van der Waals surface area (Å²) in [6.45, 7) is 0.160. The van der Waals surface area contributed by atoms with E-state index in [4.69, 9.17) is 0 Å². The normalized spacial score (nSPS) is 24.3. The maximum absolute atomic E-state index is 13.6. The van der Waals surface area contributed by atoms with Crippen molar-refractivity contribution < 1.29 is 31.8 Å². The van der Waals surface area contributed by atoms with Crippen molar-refractivity contribution in [2.24, 2.45) is 5.41 Å². The van der Waals surface area contributed by atoms with Crippen LogP contribution in [0.5, 0.6) is 0 Å². The first-order valence-corrected chi connectivity index (χ1v) is 9.03. The molecule has 0 aromatic heterocycles. The van der Waals surface area contributed by atoms with Crippen LogP contribution < -0.4 is 5.26 Å². The van der Waals surface area contributed by atoms with Gasteiger partial charge in [-0.15, -0.1) is 0 Å². The molecular formula is C11H18F2NO5S2-. The Hall–Kier alpha value is -0.0000000000000000971. The highest BCUT2D eigenvalue weighted by Crippen LogP contribution is 2.46. The Labute approximate surface area is 126 Å². The largest absolute Gasteiger partial charge is 0.691 e. The van der Waals surface area contributed by atoms with Crippen LogP contribution in [0.25, 0.3) is 0 Å². The molecule has 0 unspecified atom stereocenters. The Morgan fingerprint density at radius 2 is 1.67 bits per heavy atom. The molecule has 1 heterocycles. The monoisotopic (exact) mass is 346 g/mol. The lowest BCUT2D eigenvalue weighted by molar-refractivity contribution is -0.777. The molecule has 124 valence electrons. The van der Waals surface area contributed by atoms with E-state index in [1.54, 1.807) is 0 Å². The summed E-state index contributed by atoms with van der Waals surface area (Å²) < 4.78 is 51.0. The zero-order valence-corrected chi connectivity index (χ0v) is 13.1. The van der Waals surface area contributed by atoms with Crippen LogP contribution in [0.15, 0.2) is 0 Å². The van der Waals surface area contributed by atoms with Crippen LogP contribution in [-0.2, 0) is 19.4 Å². The first-order valence-electron chi connectivity index (χ1n) is 6.85. The van der Waals surface area contributed by atoms with Gasteiger partial charge in [-0.2, -0.15) is 17.4 Å². The number of nitrogens with zero attached hydrogens (tertiary/aromatic N) is 1. The summed E-state index contributed by atoms with van der Waals surface area (Å²) in [6.07, 6.45) is 6.71. The van der Waals surface area contributed by atoms with E-state index in [-0.39, 0.29) is 18.5 Å². The van der Waals surface area contributed by atoms with Gasteiger partial charge in [-0.25, -0.2) is 8.42 Å². The number of rotatable bonds is 5. The average molecular weight is 346 g/mol. The van der Waals surface area contributed by atoms with Crippen molar-refractivity contribution in [3.05, 3.63) is 0 Å². The first kappa shape index (κ1) is 17.4. The molecule has 0 atom stereocenters. The average Bonchev–Trinajstić information content (AvgIpc) is 2.46. The molecule has 21 heavy (non-hydrogen) atoms. The molecule has 1 saturated carbocycles. The van der Waals surface area contributed by atoms with Crippen LogP contribution in [0.1, 0.15) is 44.9 Å². The van der Waals surface area contributed by atoms with Gasteiger partial charge in [0.1, 0.15) is 12.0 Å². The summed E-state index contributed by atoms with van der Waals surface area (Å²) in [5.41, 5.74) is 0.112. The minimum atomic E-state index is -4.87. The molecule has 0 bridgehead atoms. The maximum Gasteiger partial charge on any atom is 0.433 e. The van der Waals surface area contributed by atoms with E-state index in [0.29, 0.717) is 12.8 Å². The van der Waals surface area contributed by atoms with E-state index in [2.05, 4.69) is 9.37 Å². The number of alkyl halides is 2. The predicted molar refractivity (Wildman–Crippen MR) is 70.0 cm³/mol. The van der Waals surface area contributed by atoms with Crippen LogP contribution in [0, 0.1) is 5.41 Å². The summed E-state index contributed by atoms with van der Waals surface area (Å²) in [7, 11) is -4.87. The predicted octanol–water partition coefficient (Wildman–Crippen LogP) is 1.78. The van der Waals surface area contributed by atoms with Gasteiger partial charge in [0.05, 0.1) is 0 Å². The summed E-state index contributed by atoms with van der Waals surface area (Å²) in [5.74, 6) is 0. The number of hydrogen-bond donors (Lipinski definition) is 0. The molecule has 2 aliphatic rings. The quantitative estimate of drug-likeness (QED) is 0.429. The van der Waals surface area contributed by atoms with Crippen LogP contribution in [-0.4, -0.2) is 30.4 Å². The van der Waals surface area contributed by atoms with Crippen LogP contribution in [0.2, 0.25) is 0 Å². The van der Waals surface area contributed by atoms with E-state index in [0.717, 1.165) is 30.0 Å². The van der Waals surface area contributed by atoms with Crippen LogP contribution in [0.3, 0.4) is 0 Å². The number of sulfonamides is 1. The molecule has 1 aliphatic heterocycles. The zero-order chi connectivity index (χ0) is 15.6. The molecular weight excluding hydrogens is 328 g/mol. The van der Waals surface area contributed by atoms with Crippen molar-refractivity contribution in [3.8, 4) is 0 Å². The van der Waals surface area contributed by atoms with E-state index in [1.165, 1.54) is 6.42 Å². The molecule has 1 spiro atoms. The van der Waals surface area contributed by atoms with Gasteiger partial charge in [-0.05, 0) is 31.1 Å². The molecule has 0 radical (unpaired) electrons. The minimum absolute atomic E-state index is 0.0801. The van der Waals surface area contributed by atoms with Crippen molar-refractivity contribution in [1.29, 1.82) is 0 Å². The smallest absolute Gasteiger partial charge is 0.433 e. The van der Waals surface area contributed by atoms with Gasteiger partial charge < -0.3 is 5.26 Å². The first-order chi connectivity index (χ1) is 9.83. The molecule has 6 nitrogen and oxygen atoms in total. The van der Waals surface area contributed by atoms with Gasteiger partial charge in [-0.1, -0.05) is 19.3 Å². The van der Waals surface area contributed by atoms with E-state index in [1.807, 2.05) is 0 Å². The Kier molecular flexibility index (Phi) is 5.48. The number of hydrogen-bond acceptors (Lipinski definition) is 6. The van der Waals surface area contributed by atoms with Crippen molar-refractivity contribution in [2.45, 2.75) is 49.5 Å². The third-order valence-corrected chi connectivity index (χ3v) is 7.30.